The van der Waals surface area contributed by atoms with E-state index in [1.165, 1.54) is 18.2 Å². The Hall–Kier alpha value is -2.26. The van der Waals surface area contributed by atoms with Crippen LogP contribution < -0.4 is 15.8 Å². The van der Waals surface area contributed by atoms with Crippen LogP contribution in [0.15, 0.2) is 27.5 Å². The van der Waals surface area contributed by atoms with Gasteiger partial charge in [0.15, 0.2) is 0 Å². The summed E-state index contributed by atoms with van der Waals surface area (Å²) in [5.74, 6) is -0.129. The molecular formula is C18H20BrFN4O3. The summed E-state index contributed by atoms with van der Waals surface area (Å²) >= 11 is 3.21. The predicted molar refractivity (Wildman–Crippen MR) is 104 cm³/mol. The summed E-state index contributed by atoms with van der Waals surface area (Å²) < 4.78 is 18.9. The Morgan fingerprint density at radius 2 is 2.15 bits per heavy atom. The number of aromatic amines is 1. The molecule has 1 saturated heterocycles. The zero-order chi connectivity index (χ0) is 19.4. The molecule has 0 unspecified atom stereocenters. The molecule has 0 saturated carbocycles. The smallest absolute Gasteiger partial charge is 0.255 e. The Morgan fingerprint density at radius 3 is 2.81 bits per heavy atom. The van der Waals surface area contributed by atoms with Crippen molar-refractivity contribution < 1.29 is 13.9 Å². The maximum absolute atomic E-state index is 13.1. The van der Waals surface area contributed by atoms with Gasteiger partial charge in [-0.25, -0.2) is 9.37 Å². The molecule has 0 atom stereocenters. The van der Waals surface area contributed by atoms with Crippen LogP contribution in [0.1, 0.15) is 17.7 Å². The first-order valence-electron chi connectivity index (χ1n) is 8.61. The highest BCUT2D eigenvalue weighted by molar-refractivity contribution is 9.10. The molecule has 9 heteroatoms. The van der Waals surface area contributed by atoms with Gasteiger partial charge in [-0.05, 0) is 47.5 Å². The molecule has 1 aromatic carbocycles. The Morgan fingerprint density at radius 1 is 1.41 bits per heavy atom. The third-order valence-corrected chi connectivity index (χ3v) is 4.98. The van der Waals surface area contributed by atoms with Crippen molar-refractivity contribution in [3.8, 4) is 0 Å². The topological polar surface area (TPSA) is 87.3 Å². The number of ether oxygens (including phenoxy) is 1. The van der Waals surface area contributed by atoms with Gasteiger partial charge in [0.05, 0.1) is 18.9 Å². The minimum absolute atomic E-state index is 0.117. The molecule has 27 heavy (non-hydrogen) atoms. The van der Waals surface area contributed by atoms with Crippen LogP contribution >= 0.6 is 15.9 Å². The molecule has 1 amide bonds. The van der Waals surface area contributed by atoms with E-state index in [2.05, 4.69) is 31.2 Å². The highest BCUT2D eigenvalue weighted by Crippen LogP contribution is 2.23. The average molecular weight is 439 g/mol. The van der Waals surface area contributed by atoms with Gasteiger partial charge < -0.3 is 15.0 Å². The minimum Gasteiger partial charge on any atom is -0.378 e. The summed E-state index contributed by atoms with van der Waals surface area (Å²) in [7, 11) is 0. The summed E-state index contributed by atoms with van der Waals surface area (Å²) in [6.07, 6.45) is 0.383. The van der Waals surface area contributed by atoms with Crippen molar-refractivity contribution in [3.63, 3.8) is 0 Å². The molecule has 2 N–H and O–H groups in total. The lowest BCUT2D eigenvalue weighted by atomic mass is 10.1. The van der Waals surface area contributed by atoms with Crippen molar-refractivity contribution in [2.45, 2.75) is 19.8 Å². The molecule has 3 rings (SSSR count). The second-order valence-corrected chi connectivity index (χ2v) is 7.08. The number of halogens is 2. The number of nitrogens with one attached hydrogen (secondary N) is 2. The van der Waals surface area contributed by atoms with E-state index < -0.39 is 5.82 Å². The molecule has 0 spiro atoms. The van der Waals surface area contributed by atoms with Crippen LogP contribution in [0.5, 0.6) is 0 Å². The van der Waals surface area contributed by atoms with E-state index in [4.69, 9.17) is 4.74 Å². The Bertz CT molecular complexity index is 897. The first-order chi connectivity index (χ1) is 12.9. The minimum atomic E-state index is -0.395. The van der Waals surface area contributed by atoms with Gasteiger partial charge in [0.2, 0.25) is 11.9 Å². The standard InChI is InChI=1S/C18H20BrFN4O3/c1-11-13(17(26)23-18(21-11)24-6-8-27-9-7-24)3-5-16(25)22-15-4-2-12(20)10-14(15)19/h2,4,10H,3,5-9H2,1H3,(H,22,25)(H,21,23,26). The molecule has 0 bridgehead atoms. The maximum atomic E-state index is 13.1. The molecule has 2 heterocycles. The van der Waals surface area contributed by atoms with Crippen LogP contribution in [-0.2, 0) is 16.0 Å². The molecule has 0 radical (unpaired) electrons. The molecule has 144 valence electrons. The summed E-state index contributed by atoms with van der Waals surface area (Å²) in [5.41, 5.74) is 1.34. The highest BCUT2D eigenvalue weighted by Gasteiger charge is 2.17. The van der Waals surface area contributed by atoms with Gasteiger partial charge in [-0.15, -0.1) is 0 Å². The Labute approximate surface area is 164 Å². The van der Waals surface area contributed by atoms with Crippen LogP contribution in [0, 0.1) is 12.7 Å². The van der Waals surface area contributed by atoms with E-state index in [0.29, 0.717) is 53.7 Å². The maximum Gasteiger partial charge on any atom is 0.255 e. The zero-order valence-electron chi connectivity index (χ0n) is 14.8. The second kappa shape index (κ2) is 8.62. The monoisotopic (exact) mass is 438 g/mol. The largest absolute Gasteiger partial charge is 0.378 e. The lowest BCUT2D eigenvalue weighted by molar-refractivity contribution is -0.116. The van der Waals surface area contributed by atoms with E-state index >= 15 is 0 Å². The number of rotatable bonds is 5. The summed E-state index contributed by atoms with van der Waals surface area (Å²) in [4.78, 5) is 33.9. The molecule has 1 aliphatic rings. The Kier molecular flexibility index (Phi) is 6.22. The summed E-state index contributed by atoms with van der Waals surface area (Å²) in [6, 6.07) is 4.02. The van der Waals surface area contributed by atoms with E-state index in [-0.39, 0.29) is 24.3 Å². The van der Waals surface area contributed by atoms with Gasteiger partial charge in [0, 0.05) is 35.2 Å². The molecule has 1 aliphatic heterocycles. The molecule has 0 aliphatic carbocycles. The summed E-state index contributed by atoms with van der Waals surface area (Å²) in [6.45, 7) is 4.32. The molecular weight excluding hydrogens is 419 g/mol. The van der Waals surface area contributed by atoms with Crippen LogP contribution in [0.25, 0.3) is 0 Å². The van der Waals surface area contributed by atoms with Crippen molar-refractivity contribution in [2.24, 2.45) is 0 Å². The number of hydrogen-bond acceptors (Lipinski definition) is 5. The number of aromatic nitrogens is 2. The first-order valence-corrected chi connectivity index (χ1v) is 9.40. The average Bonchev–Trinajstić information content (AvgIpc) is 2.64. The second-order valence-electron chi connectivity index (χ2n) is 6.23. The molecule has 2 aromatic rings. The lowest BCUT2D eigenvalue weighted by Crippen LogP contribution is -2.38. The van der Waals surface area contributed by atoms with Gasteiger partial charge in [0.1, 0.15) is 5.82 Å². The zero-order valence-corrected chi connectivity index (χ0v) is 16.4. The normalized spacial score (nSPS) is 14.3. The van der Waals surface area contributed by atoms with E-state index in [9.17, 15) is 14.0 Å². The molecule has 1 fully saturated rings. The highest BCUT2D eigenvalue weighted by atomic mass is 79.9. The number of carbonyl (C=O) groups excluding carboxylic acids is 1. The van der Waals surface area contributed by atoms with Gasteiger partial charge in [0.25, 0.3) is 5.56 Å². The van der Waals surface area contributed by atoms with Crippen molar-refractivity contribution in [1.29, 1.82) is 0 Å². The number of H-pyrrole nitrogens is 1. The fourth-order valence-corrected chi connectivity index (χ4v) is 3.31. The number of morpholine rings is 1. The van der Waals surface area contributed by atoms with Crippen molar-refractivity contribution >= 4 is 33.5 Å². The van der Waals surface area contributed by atoms with E-state index in [1.54, 1.807) is 6.92 Å². The Balaban J connectivity index is 1.65. The summed E-state index contributed by atoms with van der Waals surface area (Å²) in [5, 5.41) is 2.70. The van der Waals surface area contributed by atoms with Crippen LogP contribution in [-0.4, -0.2) is 42.2 Å². The number of amides is 1. The number of carbonyl (C=O) groups is 1. The van der Waals surface area contributed by atoms with E-state index in [0.717, 1.165) is 0 Å². The van der Waals surface area contributed by atoms with Crippen molar-refractivity contribution in [2.75, 3.05) is 36.5 Å². The number of hydrogen-bond donors (Lipinski definition) is 2. The van der Waals surface area contributed by atoms with Crippen LogP contribution in [0.2, 0.25) is 0 Å². The van der Waals surface area contributed by atoms with Crippen LogP contribution in [0.3, 0.4) is 0 Å². The lowest BCUT2D eigenvalue weighted by Gasteiger charge is -2.27. The quantitative estimate of drug-likeness (QED) is 0.747. The fraction of sp³-hybridized carbons (Fsp3) is 0.389. The van der Waals surface area contributed by atoms with Crippen molar-refractivity contribution in [1.82, 2.24) is 9.97 Å². The van der Waals surface area contributed by atoms with Crippen molar-refractivity contribution in [3.05, 3.63) is 50.1 Å². The number of aryl methyl sites for hydroxylation is 1. The van der Waals surface area contributed by atoms with Crippen LogP contribution in [0.4, 0.5) is 16.0 Å². The number of benzene rings is 1. The van der Waals surface area contributed by atoms with Gasteiger partial charge in [-0.2, -0.15) is 0 Å². The molecule has 1 aromatic heterocycles. The van der Waals surface area contributed by atoms with Gasteiger partial charge in [-0.3, -0.25) is 14.6 Å². The first kappa shape index (κ1) is 19.5. The number of nitrogens with zero attached hydrogens (tertiary/aromatic N) is 2. The predicted octanol–water partition coefficient (Wildman–Crippen LogP) is 2.39. The third kappa shape index (κ3) is 4.92. The molecule has 7 nitrogen and oxygen atoms in total. The van der Waals surface area contributed by atoms with Gasteiger partial charge in [-0.1, -0.05) is 0 Å². The number of anilines is 2. The third-order valence-electron chi connectivity index (χ3n) is 4.33. The van der Waals surface area contributed by atoms with E-state index in [1.807, 2.05) is 4.90 Å². The van der Waals surface area contributed by atoms with Gasteiger partial charge >= 0.3 is 0 Å². The SMILES string of the molecule is Cc1nc(N2CCOCC2)[nH]c(=O)c1CCC(=O)Nc1ccc(F)cc1Br. The fourth-order valence-electron chi connectivity index (χ4n) is 2.86.